The van der Waals surface area contributed by atoms with Gasteiger partial charge in [0.2, 0.25) is 11.8 Å². The largest absolute Gasteiger partial charge is 0.350 e. The standard InChI is InChI=1S/C25H26FN3O2/c1-18(2)25(31)29(17-19-10-12-22(26)13-11-19)23(21-8-4-3-5-9-21)24(30)28-16-20-7-6-14-27-15-20/h3-15,18,23H,16-17H2,1-2H3,(H,28,30)/t23-/m0/s1. The maximum Gasteiger partial charge on any atom is 0.247 e. The van der Waals surface area contributed by atoms with E-state index in [1.54, 1.807) is 49.3 Å². The molecule has 0 radical (unpaired) electrons. The molecule has 3 aromatic rings. The summed E-state index contributed by atoms with van der Waals surface area (Å²) in [7, 11) is 0. The molecule has 0 fully saturated rings. The number of hydrogen-bond donors (Lipinski definition) is 1. The predicted octanol–water partition coefficient (Wildman–Crippen LogP) is 4.26. The summed E-state index contributed by atoms with van der Waals surface area (Å²) in [5.74, 6) is -1.10. The van der Waals surface area contributed by atoms with Gasteiger partial charge >= 0.3 is 0 Å². The van der Waals surface area contributed by atoms with Gasteiger partial charge in [0.05, 0.1) is 0 Å². The molecule has 1 aromatic heterocycles. The van der Waals surface area contributed by atoms with Gasteiger partial charge in [0.25, 0.3) is 0 Å². The molecule has 6 heteroatoms. The fourth-order valence-corrected chi connectivity index (χ4v) is 3.31. The van der Waals surface area contributed by atoms with Gasteiger partial charge in [0.15, 0.2) is 0 Å². The van der Waals surface area contributed by atoms with Crippen LogP contribution < -0.4 is 5.32 Å². The van der Waals surface area contributed by atoms with Crippen LogP contribution in [0.5, 0.6) is 0 Å². The molecule has 3 rings (SSSR count). The fraction of sp³-hybridized carbons (Fsp3) is 0.240. The van der Waals surface area contributed by atoms with Gasteiger partial charge in [0.1, 0.15) is 11.9 Å². The van der Waals surface area contributed by atoms with Crippen LogP contribution in [-0.2, 0) is 22.7 Å². The molecule has 5 nitrogen and oxygen atoms in total. The third kappa shape index (κ3) is 5.98. The summed E-state index contributed by atoms with van der Waals surface area (Å²) in [6.45, 7) is 4.10. The van der Waals surface area contributed by atoms with Gasteiger partial charge in [-0.1, -0.05) is 62.4 Å². The molecule has 0 bridgehead atoms. The van der Waals surface area contributed by atoms with E-state index in [4.69, 9.17) is 0 Å². The first-order valence-corrected chi connectivity index (χ1v) is 10.2. The molecule has 0 spiro atoms. The second kappa shape index (κ2) is 10.5. The monoisotopic (exact) mass is 419 g/mol. The van der Waals surface area contributed by atoms with Crippen LogP contribution in [0.15, 0.2) is 79.1 Å². The van der Waals surface area contributed by atoms with Crippen molar-refractivity contribution in [1.82, 2.24) is 15.2 Å². The average molecular weight is 420 g/mol. The summed E-state index contributed by atoms with van der Waals surface area (Å²) < 4.78 is 13.4. The van der Waals surface area contributed by atoms with E-state index in [9.17, 15) is 14.0 Å². The Hall–Kier alpha value is -3.54. The number of aromatic nitrogens is 1. The number of hydrogen-bond acceptors (Lipinski definition) is 3. The van der Waals surface area contributed by atoms with E-state index in [0.29, 0.717) is 12.1 Å². The number of amides is 2. The molecule has 1 heterocycles. The van der Waals surface area contributed by atoms with Crippen LogP contribution >= 0.6 is 0 Å². The molecule has 1 atom stereocenters. The molecule has 0 unspecified atom stereocenters. The molecule has 160 valence electrons. The summed E-state index contributed by atoms with van der Waals surface area (Å²) in [5.41, 5.74) is 2.32. The molecular formula is C25H26FN3O2. The topological polar surface area (TPSA) is 62.3 Å². The van der Waals surface area contributed by atoms with Crippen molar-refractivity contribution in [2.24, 2.45) is 5.92 Å². The van der Waals surface area contributed by atoms with E-state index in [2.05, 4.69) is 10.3 Å². The highest BCUT2D eigenvalue weighted by molar-refractivity contribution is 5.89. The zero-order valence-electron chi connectivity index (χ0n) is 17.7. The molecule has 0 aliphatic heterocycles. The molecular weight excluding hydrogens is 393 g/mol. The van der Waals surface area contributed by atoms with Crippen LogP contribution in [-0.4, -0.2) is 21.7 Å². The van der Waals surface area contributed by atoms with Crippen molar-refractivity contribution in [2.75, 3.05) is 0 Å². The summed E-state index contributed by atoms with van der Waals surface area (Å²) in [5, 5.41) is 2.93. The normalized spacial score (nSPS) is 11.7. The molecule has 0 saturated carbocycles. The zero-order chi connectivity index (χ0) is 22.2. The third-order valence-electron chi connectivity index (χ3n) is 4.91. The van der Waals surface area contributed by atoms with E-state index in [-0.39, 0.29) is 30.1 Å². The number of benzene rings is 2. The Bertz CT molecular complexity index is 992. The molecule has 31 heavy (non-hydrogen) atoms. The van der Waals surface area contributed by atoms with Crippen LogP contribution in [0.3, 0.4) is 0 Å². The highest BCUT2D eigenvalue weighted by Crippen LogP contribution is 2.26. The summed E-state index contributed by atoms with van der Waals surface area (Å²) in [6, 6.07) is 18.0. The van der Waals surface area contributed by atoms with E-state index in [1.807, 2.05) is 36.4 Å². The highest BCUT2D eigenvalue weighted by atomic mass is 19.1. The van der Waals surface area contributed by atoms with Crippen molar-refractivity contribution >= 4 is 11.8 Å². The summed E-state index contributed by atoms with van der Waals surface area (Å²) in [6.07, 6.45) is 3.36. The zero-order valence-corrected chi connectivity index (χ0v) is 17.7. The van der Waals surface area contributed by atoms with Gasteiger partial charge in [-0.3, -0.25) is 14.6 Å². The lowest BCUT2D eigenvalue weighted by Gasteiger charge is -2.33. The molecule has 0 aliphatic carbocycles. The van der Waals surface area contributed by atoms with Crippen LogP contribution in [0, 0.1) is 11.7 Å². The lowest BCUT2D eigenvalue weighted by Crippen LogP contribution is -2.44. The Balaban J connectivity index is 1.93. The number of nitrogens with zero attached hydrogens (tertiary/aromatic N) is 2. The average Bonchev–Trinajstić information content (AvgIpc) is 2.79. The van der Waals surface area contributed by atoms with Gasteiger partial charge in [-0.2, -0.15) is 0 Å². The number of nitrogens with one attached hydrogen (secondary N) is 1. The van der Waals surface area contributed by atoms with E-state index < -0.39 is 6.04 Å². The summed E-state index contributed by atoms with van der Waals surface area (Å²) >= 11 is 0. The first-order chi connectivity index (χ1) is 15.0. The van der Waals surface area contributed by atoms with E-state index in [0.717, 1.165) is 11.1 Å². The van der Waals surface area contributed by atoms with Crippen molar-refractivity contribution in [3.8, 4) is 0 Å². The lowest BCUT2D eigenvalue weighted by atomic mass is 10.0. The Kier molecular flexibility index (Phi) is 7.49. The molecule has 2 amide bonds. The quantitative estimate of drug-likeness (QED) is 0.593. The minimum absolute atomic E-state index is 0.158. The maximum absolute atomic E-state index is 13.4. The van der Waals surface area contributed by atoms with Crippen LogP contribution in [0.2, 0.25) is 0 Å². The van der Waals surface area contributed by atoms with Crippen molar-refractivity contribution in [1.29, 1.82) is 0 Å². The lowest BCUT2D eigenvalue weighted by molar-refractivity contribution is -0.144. The Morgan fingerprint density at radius 1 is 0.968 bits per heavy atom. The first-order valence-electron chi connectivity index (χ1n) is 10.2. The maximum atomic E-state index is 13.4. The third-order valence-corrected chi connectivity index (χ3v) is 4.91. The second-order valence-corrected chi connectivity index (χ2v) is 7.64. The predicted molar refractivity (Wildman–Crippen MR) is 117 cm³/mol. The van der Waals surface area contributed by atoms with E-state index >= 15 is 0 Å². The SMILES string of the molecule is CC(C)C(=O)N(Cc1ccc(F)cc1)[C@H](C(=O)NCc1cccnc1)c1ccccc1. The van der Waals surface area contributed by atoms with Crippen molar-refractivity contribution < 1.29 is 14.0 Å². The summed E-state index contributed by atoms with van der Waals surface area (Å²) in [4.78, 5) is 32.1. The number of carbonyl (C=O) groups is 2. The molecule has 0 saturated heterocycles. The Morgan fingerprint density at radius 3 is 2.29 bits per heavy atom. The second-order valence-electron chi connectivity index (χ2n) is 7.64. The van der Waals surface area contributed by atoms with Crippen molar-refractivity contribution in [3.63, 3.8) is 0 Å². The number of carbonyl (C=O) groups excluding carboxylic acids is 2. The highest BCUT2D eigenvalue weighted by Gasteiger charge is 2.32. The van der Waals surface area contributed by atoms with Gasteiger partial charge in [-0.05, 0) is 34.9 Å². The van der Waals surface area contributed by atoms with Crippen LogP contribution in [0.1, 0.15) is 36.6 Å². The van der Waals surface area contributed by atoms with Gasteiger partial charge in [-0.15, -0.1) is 0 Å². The number of halogens is 1. The molecule has 0 aliphatic rings. The van der Waals surface area contributed by atoms with Crippen molar-refractivity contribution in [3.05, 3.63) is 102 Å². The van der Waals surface area contributed by atoms with Crippen LogP contribution in [0.25, 0.3) is 0 Å². The first kappa shape index (κ1) is 22.2. The smallest absolute Gasteiger partial charge is 0.247 e. The fourth-order valence-electron chi connectivity index (χ4n) is 3.31. The Morgan fingerprint density at radius 2 is 1.68 bits per heavy atom. The number of pyridine rings is 1. The molecule has 1 N–H and O–H groups in total. The minimum atomic E-state index is -0.821. The van der Waals surface area contributed by atoms with Gasteiger partial charge in [0, 0.05) is 31.4 Å². The van der Waals surface area contributed by atoms with E-state index in [1.165, 1.54) is 12.1 Å². The molecule has 2 aromatic carbocycles. The van der Waals surface area contributed by atoms with Gasteiger partial charge < -0.3 is 10.2 Å². The van der Waals surface area contributed by atoms with Crippen LogP contribution in [0.4, 0.5) is 4.39 Å². The number of rotatable bonds is 8. The van der Waals surface area contributed by atoms with Crippen molar-refractivity contribution in [2.45, 2.75) is 33.0 Å². The Labute approximate surface area is 181 Å². The van der Waals surface area contributed by atoms with Gasteiger partial charge in [-0.25, -0.2) is 4.39 Å². The minimum Gasteiger partial charge on any atom is -0.350 e.